The van der Waals surface area contributed by atoms with Crippen LogP contribution >= 0.6 is 15.9 Å². The zero-order valence-electron chi connectivity index (χ0n) is 13.6. The van der Waals surface area contributed by atoms with Crippen LogP contribution in [0.1, 0.15) is 16.8 Å². The molecule has 0 fully saturated rings. The van der Waals surface area contributed by atoms with E-state index >= 15 is 0 Å². The minimum Gasteiger partial charge on any atom is -0.347 e. The molecule has 1 aromatic heterocycles. The van der Waals surface area contributed by atoms with E-state index < -0.39 is 0 Å². The van der Waals surface area contributed by atoms with Gasteiger partial charge in [-0.2, -0.15) is 0 Å². The number of hydrogen-bond donors (Lipinski definition) is 0. The van der Waals surface area contributed by atoms with E-state index in [0.717, 1.165) is 23.0 Å². The van der Waals surface area contributed by atoms with Gasteiger partial charge >= 0.3 is 0 Å². The number of carbonyl (C=O) groups is 1. The predicted octanol–water partition coefficient (Wildman–Crippen LogP) is 4.07. The Kier molecular flexibility index (Phi) is 3.93. The minimum atomic E-state index is 0.205. The van der Waals surface area contributed by atoms with E-state index in [2.05, 4.69) is 51.8 Å². The molecule has 4 rings (SSSR count). The molecular weight excluding hydrogens is 364 g/mol. The van der Waals surface area contributed by atoms with E-state index in [1.54, 1.807) is 0 Å². The molecule has 3 aromatic rings. The van der Waals surface area contributed by atoms with E-state index in [9.17, 15) is 4.79 Å². The lowest BCUT2D eigenvalue weighted by Crippen LogP contribution is -2.37. The fourth-order valence-corrected chi connectivity index (χ4v) is 3.90. The largest absolute Gasteiger partial charge is 0.347 e. The van der Waals surface area contributed by atoms with Gasteiger partial charge in [-0.05, 0) is 23.8 Å². The summed E-state index contributed by atoms with van der Waals surface area (Å²) in [5, 5.41) is 1.27. The highest BCUT2D eigenvalue weighted by atomic mass is 79.9. The Morgan fingerprint density at radius 1 is 1.12 bits per heavy atom. The number of benzene rings is 2. The van der Waals surface area contributed by atoms with Crippen molar-refractivity contribution in [2.45, 2.75) is 19.4 Å². The van der Waals surface area contributed by atoms with E-state index in [0.29, 0.717) is 13.0 Å². The Hall–Kier alpha value is -2.07. The van der Waals surface area contributed by atoms with Gasteiger partial charge in [0, 0.05) is 53.2 Å². The molecular formula is C20H19BrN2O. The summed E-state index contributed by atoms with van der Waals surface area (Å²) in [5.74, 6) is 0.205. The summed E-state index contributed by atoms with van der Waals surface area (Å²) in [7, 11) is 2.13. The SMILES string of the molecule is Cn1c2c(c3ccccc31)CN(C(=O)Cc1ccc(Br)cc1)CC2. The first kappa shape index (κ1) is 15.5. The van der Waals surface area contributed by atoms with Crippen molar-refractivity contribution in [1.82, 2.24) is 9.47 Å². The van der Waals surface area contributed by atoms with Crippen molar-refractivity contribution in [2.75, 3.05) is 6.54 Å². The predicted molar refractivity (Wildman–Crippen MR) is 99.9 cm³/mol. The number of carbonyl (C=O) groups excluding carboxylic acids is 1. The standard InChI is InChI=1S/C20H19BrN2O/c1-22-18-5-3-2-4-16(18)17-13-23(11-10-19(17)22)20(24)12-14-6-8-15(21)9-7-14/h2-9H,10-13H2,1H3. The summed E-state index contributed by atoms with van der Waals surface area (Å²) in [4.78, 5) is 14.7. The number of hydrogen-bond acceptors (Lipinski definition) is 1. The van der Waals surface area contributed by atoms with Gasteiger partial charge in [-0.1, -0.05) is 46.3 Å². The minimum absolute atomic E-state index is 0.205. The van der Waals surface area contributed by atoms with Crippen LogP contribution in [0.4, 0.5) is 0 Å². The first-order chi connectivity index (χ1) is 11.6. The van der Waals surface area contributed by atoms with E-state index in [-0.39, 0.29) is 5.91 Å². The highest BCUT2D eigenvalue weighted by Crippen LogP contribution is 2.30. The lowest BCUT2D eigenvalue weighted by Gasteiger charge is -2.28. The molecule has 1 aliphatic heterocycles. The second kappa shape index (κ2) is 6.10. The van der Waals surface area contributed by atoms with E-state index in [1.165, 1.54) is 22.2 Å². The number of amides is 1. The maximum absolute atomic E-state index is 12.7. The quantitative estimate of drug-likeness (QED) is 0.655. The Balaban J connectivity index is 1.58. The molecule has 1 amide bonds. The number of fused-ring (bicyclic) bond motifs is 3. The summed E-state index contributed by atoms with van der Waals surface area (Å²) < 4.78 is 3.32. The Bertz CT molecular complexity index is 911. The number of halogens is 1. The van der Waals surface area contributed by atoms with Crippen molar-refractivity contribution < 1.29 is 4.79 Å². The lowest BCUT2D eigenvalue weighted by atomic mass is 10.0. The van der Waals surface area contributed by atoms with Gasteiger partial charge in [-0.25, -0.2) is 0 Å². The van der Waals surface area contributed by atoms with Gasteiger partial charge in [0.15, 0.2) is 0 Å². The van der Waals surface area contributed by atoms with Crippen molar-refractivity contribution in [3.05, 3.63) is 69.8 Å². The summed E-state index contributed by atoms with van der Waals surface area (Å²) in [5.41, 5.74) is 4.99. The summed E-state index contributed by atoms with van der Waals surface area (Å²) in [6, 6.07) is 16.5. The average molecular weight is 383 g/mol. The van der Waals surface area contributed by atoms with Gasteiger partial charge in [0.2, 0.25) is 5.91 Å². The Morgan fingerprint density at radius 2 is 1.88 bits per heavy atom. The molecule has 0 saturated heterocycles. The van der Waals surface area contributed by atoms with E-state index in [1.807, 2.05) is 29.2 Å². The van der Waals surface area contributed by atoms with Crippen molar-refractivity contribution >= 4 is 32.7 Å². The van der Waals surface area contributed by atoms with Crippen LogP contribution in [-0.4, -0.2) is 21.9 Å². The molecule has 1 aliphatic rings. The number of aryl methyl sites for hydroxylation is 1. The van der Waals surface area contributed by atoms with Crippen LogP contribution in [0.3, 0.4) is 0 Å². The maximum Gasteiger partial charge on any atom is 0.227 e. The van der Waals surface area contributed by atoms with Gasteiger partial charge in [0.25, 0.3) is 0 Å². The van der Waals surface area contributed by atoms with E-state index in [4.69, 9.17) is 0 Å². The molecule has 0 saturated carbocycles. The van der Waals surface area contributed by atoms with Crippen LogP contribution in [0, 0.1) is 0 Å². The molecule has 0 unspecified atom stereocenters. The fourth-order valence-electron chi connectivity index (χ4n) is 3.63. The zero-order valence-corrected chi connectivity index (χ0v) is 15.2. The third-order valence-electron chi connectivity index (χ3n) is 4.93. The topological polar surface area (TPSA) is 25.2 Å². The molecule has 0 bridgehead atoms. The number of nitrogens with zero attached hydrogens (tertiary/aromatic N) is 2. The lowest BCUT2D eigenvalue weighted by molar-refractivity contribution is -0.131. The van der Waals surface area contributed by atoms with Crippen LogP contribution in [0.5, 0.6) is 0 Å². The van der Waals surface area contributed by atoms with Crippen LogP contribution < -0.4 is 0 Å². The summed E-state index contributed by atoms with van der Waals surface area (Å²) in [6.45, 7) is 1.51. The third kappa shape index (κ3) is 2.65. The molecule has 122 valence electrons. The monoisotopic (exact) mass is 382 g/mol. The molecule has 2 heterocycles. The van der Waals surface area contributed by atoms with Gasteiger partial charge in [-0.15, -0.1) is 0 Å². The molecule has 4 heteroatoms. The second-order valence-corrected chi connectivity index (χ2v) is 7.29. The Labute approximate surface area is 150 Å². The van der Waals surface area contributed by atoms with Gasteiger partial charge in [0.1, 0.15) is 0 Å². The molecule has 0 aliphatic carbocycles. The Morgan fingerprint density at radius 3 is 2.67 bits per heavy atom. The molecule has 3 nitrogen and oxygen atoms in total. The molecule has 24 heavy (non-hydrogen) atoms. The number of para-hydroxylation sites is 1. The molecule has 0 spiro atoms. The highest BCUT2D eigenvalue weighted by Gasteiger charge is 2.25. The maximum atomic E-state index is 12.7. The van der Waals surface area contributed by atoms with Crippen LogP contribution in [0.15, 0.2) is 53.0 Å². The third-order valence-corrected chi connectivity index (χ3v) is 5.46. The van der Waals surface area contributed by atoms with Crippen molar-refractivity contribution in [2.24, 2.45) is 7.05 Å². The smallest absolute Gasteiger partial charge is 0.227 e. The van der Waals surface area contributed by atoms with Gasteiger partial charge in [0.05, 0.1) is 6.42 Å². The van der Waals surface area contributed by atoms with Gasteiger partial charge < -0.3 is 9.47 Å². The fraction of sp³-hybridized carbons (Fsp3) is 0.250. The van der Waals surface area contributed by atoms with Crippen LogP contribution in [-0.2, 0) is 31.2 Å². The zero-order chi connectivity index (χ0) is 16.7. The van der Waals surface area contributed by atoms with Crippen molar-refractivity contribution in [1.29, 1.82) is 0 Å². The molecule has 0 atom stereocenters. The second-order valence-electron chi connectivity index (χ2n) is 6.37. The number of rotatable bonds is 2. The first-order valence-corrected chi connectivity index (χ1v) is 9.00. The highest BCUT2D eigenvalue weighted by molar-refractivity contribution is 9.10. The van der Waals surface area contributed by atoms with Crippen molar-refractivity contribution in [3.8, 4) is 0 Å². The number of aromatic nitrogens is 1. The van der Waals surface area contributed by atoms with Crippen LogP contribution in [0.25, 0.3) is 10.9 Å². The van der Waals surface area contributed by atoms with Gasteiger partial charge in [-0.3, -0.25) is 4.79 Å². The van der Waals surface area contributed by atoms with Crippen molar-refractivity contribution in [3.63, 3.8) is 0 Å². The molecule has 2 aromatic carbocycles. The molecule has 0 radical (unpaired) electrons. The first-order valence-electron chi connectivity index (χ1n) is 8.21. The molecule has 0 N–H and O–H groups in total. The summed E-state index contributed by atoms with van der Waals surface area (Å²) >= 11 is 3.43. The van der Waals surface area contributed by atoms with Crippen LogP contribution in [0.2, 0.25) is 0 Å². The summed E-state index contributed by atoms with van der Waals surface area (Å²) in [6.07, 6.45) is 1.39. The normalized spacial score (nSPS) is 14.0. The average Bonchev–Trinajstić information content (AvgIpc) is 2.90.